The van der Waals surface area contributed by atoms with Crippen LogP contribution in [-0.4, -0.2) is 20.6 Å². The van der Waals surface area contributed by atoms with Crippen molar-refractivity contribution < 1.29 is 4.57 Å². The first kappa shape index (κ1) is 16.6. The predicted molar refractivity (Wildman–Crippen MR) is 95.0 cm³/mol. The third-order valence-corrected chi connectivity index (χ3v) is 3.53. The van der Waals surface area contributed by atoms with Crippen LogP contribution in [0.4, 0.5) is 5.69 Å². The Morgan fingerprint density at radius 3 is 2.22 bits per heavy atom. The lowest BCUT2D eigenvalue weighted by molar-refractivity contribution is -0.697. The van der Waals surface area contributed by atoms with E-state index in [2.05, 4.69) is 68.0 Å². The average Bonchev–Trinajstić information content (AvgIpc) is 2.58. The zero-order valence-electron chi connectivity index (χ0n) is 13.6. The van der Waals surface area contributed by atoms with E-state index in [4.69, 9.17) is 5.53 Å². The highest BCUT2D eigenvalue weighted by Crippen LogP contribution is 2.14. The summed E-state index contributed by atoms with van der Waals surface area (Å²) in [7, 11) is 4.08. The summed E-state index contributed by atoms with van der Waals surface area (Å²) < 4.78 is 2.09. The van der Waals surface area contributed by atoms with Crippen molar-refractivity contribution in [3.8, 4) is 0 Å². The number of hydrogen-bond donors (Lipinski definition) is 0. The van der Waals surface area contributed by atoms with Crippen LogP contribution in [0.15, 0.2) is 53.9 Å². The van der Waals surface area contributed by atoms with Crippen LogP contribution in [0.3, 0.4) is 0 Å². The van der Waals surface area contributed by atoms with Crippen LogP contribution in [-0.2, 0) is 6.54 Å². The molecule has 0 radical (unpaired) electrons. The topological polar surface area (TPSA) is 55.9 Å². The van der Waals surface area contributed by atoms with Gasteiger partial charge in [-0.25, -0.2) is 4.57 Å². The molecule has 0 atom stereocenters. The second-order valence-corrected chi connectivity index (χ2v) is 5.50. The fraction of sp³-hybridized carbons (Fsp3) is 0.278. The minimum atomic E-state index is 0.536. The third-order valence-electron chi connectivity index (χ3n) is 3.53. The average molecular weight is 308 g/mol. The van der Waals surface area contributed by atoms with E-state index in [1.807, 2.05) is 26.5 Å². The van der Waals surface area contributed by atoms with E-state index in [1.54, 1.807) is 0 Å². The van der Waals surface area contributed by atoms with Crippen molar-refractivity contribution >= 4 is 17.8 Å². The molecule has 23 heavy (non-hydrogen) atoms. The monoisotopic (exact) mass is 308 g/mol. The van der Waals surface area contributed by atoms with Gasteiger partial charge in [0, 0.05) is 49.8 Å². The van der Waals surface area contributed by atoms with Gasteiger partial charge in [0.05, 0.1) is 0 Å². The van der Waals surface area contributed by atoms with Gasteiger partial charge in [0.25, 0.3) is 0 Å². The van der Waals surface area contributed by atoms with E-state index in [0.29, 0.717) is 6.54 Å². The Labute approximate surface area is 137 Å². The first-order chi connectivity index (χ1) is 11.2. The molecule has 1 aromatic heterocycles. The van der Waals surface area contributed by atoms with Crippen LogP contribution in [0.25, 0.3) is 22.6 Å². The molecule has 2 rings (SSSR count). The maximum absolute atomic E-state index is 8.24. The van der Waals surface area contributed by atoms with Gasteiger partial charge < -0.3 is 4.90 Å². The van der Waals surface area contributed by atoms with E-state index in [-0.39, 0.29) is 0 Å². The summed E-state index contributed by atoms with van der Waals surface area (Å²) in [5, 5.41) is 3.54. The Kier molecular flexibility index (Phi) is 6.21. The van der Waals surface area contributed by atoms with Crippen LogP contribution in [0.2, 0.25) is 0 Å². The van der Waals surface area contributed by atoms with Crippen molar-refractivity contribution in [2.45, 2.75) is 13.0 Å². The fourth-order valence-electron chi connectivity index (χ4n) is 2.17. The van der Waals surface area contributed by atoms with E-state index >= 15 is 0 Å². The summed E-state index contributed by atoms with van der Waals surface area (Å²) >= 11 is 0. The molecule has 2 aromatic rings. The van der Waals surface area contributed by atoms with Crippen molar-refractivity contribution in [3.05, 3.63) is 70.4 Å². The lowest BCUT2D eigenvalue weighted by Crippen LogP contribution is -2.32. The highest BCUT2D eigenvalue weighted by atomic mass is 15.1. The molecule has 0 saturated carbocycles. The molecule has 0 aliphatic rings. The largest absolute Gasteiger partial charge is 0.378 e. The normalized spacial score (nSPS) is 10.5. The number of aromatic nitrogens is 1. The number of aryl methyl sites for hydroxylation is 1. The molecule has 0 unspecified atom stereocenters. The van der Waals surface area contributed by atoms with Gasteiger partial charge in [0.2, 0.25) is 0 Å². The lowest BCUT2D eigenvalue weighted by atomic mass is 10.1. The van der Waals surface area contributed by atoms with Gasteiger partial charge in [-0.1, -0.05) is 29.4 Å². The van der Waals surface area contributed by atoms with Crippen LogP contribution in [0.1, 0.15) is 17.5 Å². The molecule has 0 N–H and O–H groups in total. The highest BCUT2D eigenvalue weighted by molar-refractivity contribution is 5.70. The highest BCUT2D eigenvalue weighted by Gasteiger charge is 1.99. The van der Waals surface area contributed by atoms with Gasteiger partial charge in [-0.2, -0.15) is 0 Å². The molecule has 0 aliphatic carbocycles. The molecule has 5 heteroatoms. The summed E-state index contributed by atoms with van der Waals surface area (Å²) in [6.07, 6.45) is 9.16. The van der Waals surface area contributed by atoms with E-state index in [0.717, 1.165) is 18.5 Å². The molecule has 0 amide bonds. The van der Waals surface area contributed by atoms with Crippen molar-refractivity contribution in [1.29, 1.82) is 0 Å². The number of azide groups is 1. The Balaban J connectivity index is 1.93. The van der Waals surface area contributed by atoms with Gasteiger partial charge in [-0.3, -0.25) is 0 Å². The number of anilines is 1. The molecule has 118 valence electrons. The van der Waals surface area contributed by atoms with Crippen LogP contribution < -0.4 is 9.47 Å². The number of hydrogen-bond acceptors (Lipinski definition) is 2. The van der Waals surface area contributed by atoms with Gasteiger partial charge in [-0.15, -0.1) is 0 Å². The van der Waals surface area contributed by atoms with Crippen LogP contribution >= 0.6 is 0 Å². The first-order valence-electron chi connectivity index (χ1n) is 7.64. The molecule has 0 bridgehead atoms. The van der Waals surface area contributed by atoms with Gasteiger partial charge in [0.1, 0.15) is 6.54 Å². The number of nitrogens with zero attached hydrogens (tertiary/aromatic N) is 5. The Bertz CT molecular complexity index is 680. The second-order valence-electron chi connectivity index (χ2n) is 5.50. The maximum Gasteiger partial charge on any atom is 0.169 e. The summed E-state index contributed by atoms with van der Waals surface area (Å²) in [5.41, 5.74) is 11.8. The minimum Gasteiger partial charge on any atom is -0.378 e. The van der Waals surface area contributed by atoms with Gasteiger partial charge >= 0.3 is 0 Å². The fourth-order valence-corrected chi connectivity index (χ4v) is 2.17. The predicted octanol–water partition coefficient (Wildman–Crippen LogP) is 3.91. The quantitative estimate of drug-likeness (QED) is 0.251. The van der Waals surface area contributed by atoms with Crippen molar-refractivity contribution in [2.75, 3.05) is 25.5 Å². The molecule has 5 nitrogen and oxygen atoms in total. The number of benzene rings is 1. The summed E-state index contributed by atoms with van der Waals surface area (Å²) in [6, 6.07) is 12.6. The summed E-state index contributed by atoms with van der Waals surface area (Å²) in [4.78, 5) is 4.84. The Morgan fingerprint density at radius 2 is 1.65 bits per heavy atom. The Hall–Kier alpha value is -2.78. The molecular formula is C18H22N5+. The standard InChI is InChI=1S/C18H22N5/c1-22(2)18-8-6-16(7-9-18)4-5-17-10-14-23(15-11-17)13-3-12-20-21-19/h4-11,14-15H,3,12-13H2,1-2H3/q+1. The van der Waals surface area contributed by atoms with Gasteiger partial charge in [-0.05, 0) is 28.8 Å². The van der Waals surface area contributed by atoms with Crippen LogP contribution in [0.5, 0.6) is 0 Å². The van der Waals surface area contributed by atoms with Crippen molar-refractivity contribution in [1.82, 2.24) is 0 Å². The van der Waals surface area contributed by atoms with E-state index in [9.17, 15) is 0 Å². The number of rotatable bonds is 7. The van der Waals surface area contributed by atoms with Crippen LogP contribution in [0, 0.1) is 0 Å². The van der Waals surface area contributed by atoms with E-state index < -0.39 is 0 Å². The third kappa shape index (κ3) is 5.49. The second kappa shape index (κ2) is 8.61. The van der Waals surface area contributed by atoms with Crippen molar-refractivity contribution in [2.24, 2.45) is 5.11 Å². The molecule has 0 aliphatic heterocycles. The SMILES string of the molecule is CN(C)c1ccc(/C=C/c2cc[n+](CCCN=[N+]=[N-])cc2)cc1. The molecule has 0 spiro atoms. The molecule has 0 saturated heterocycles. The number of pyridine rings is 1. The van der Waals surface area contributed by atoms with Crippen molar-refractivity contribution in [3.63, 3.8) is 0 Å². The minimum absolute atomic E-state index is 0.536. The molecule has 1 heterocycles. The molecule has 1 aromatic carbocycles. The zero-order chi connectivity index (χ0) is 16.5. The molecular weight excluding hydrogens is 286 g/mol. The Morgan fingerprint density at radius 1 is 1.04 bits per heavy atom. The van der Waals surface area contributed by atoms with E-state index in [1.165, 1.54) is 11.3 Å². The zero-order valence-corrected chi connectivity index (χ0v) is 13.6. The first-order valence-corrected chi connectivity index (χ1v) is 7.64. The van der Waals surface area contributed by atoms with Gasteiger partial charge in [0.15, 0.2) is 12.4 Å². The smallest absolute Gasteiger partial charge is 0.169 e. The lowest BCUT2D eigenvalue weighted by Gasteiger charge is -2.11. The summed E-state index contributed by atoms with van der Waals surface area (Å²) in [6.45, 7) is 1.39. The molecule has 0 fully saturated rings. The maximum atomic E-state index is 8.24. The summed E-state index contributed by atoms with van der Waals surface area (Å²) in [5.74, 6) is 0.